The van der Waals surface area contributed by atoms with Crippen molar-refractivity contribution in [2.45, 2.75) is 44.4 Å². The van der Waals surface area contributed by atoms with Crippen LogP contribution in [0.15, 0.2) is 48.7 Å². The standard InChI is InChI=1S/C43H43Cl2N7O10/c1-23(60-14-15-62-33-7-4-6-25-38(33)43(57)52(42(25)56)31-8-9-37(53)50-41(31)55)40(54)32-22-47-10-12-51(32)11-5-13-61-36-18-29-26(16-35(36)59-3)39(24(20-46)21-48-29)49-30-19-34(58-2)28(45)17-27(30)44/h4,6-7,16-19,21,23,31-32,47H,5,8-15,22H2,1-3H3,(H,48,49)(H,50,53,55). The molecule has 0 saturated carbocycles. The normalized spacial score (nSPS) is 18.2. The number of hydrogen-bond acceptors (Lipinski definition) is 15. The fraction of sp³-hybridized carbons (Fsp3) is 0.372. The molecule has 0 spiro atoms. The van der Waals surface area contributed by atoms with Crippen LogP contribution in [-0.2, 0) is 19.1 Å². The number of ether oxygens (including phenoxy) is 5. The first-order chi connectivity index (χ1) is 29.9. The number of Topliss-reactive ketones (excluding diaryl/α,β-unsaturated/α-hetero) is 1. The summed E-state index contributed by atoms with van der Waals surface area (Å²) in [6.07, 6.45) is 1.32. The molecule has 2 fully saturated rings. The highest BCUT2D eigenvalue weighted by molar-refractivity contribution is 6.37. The van der Waals surface area contributed by atoms with Crippen LogP contribution in [-0.4, -0.2) is 123 Å². The molecule has 2 saturated heterocycles. The van der Waals surface area contributed by atoms with Crippen molar-refractivity contribution in [1.82, 2.24) is 25.4 Å². The van der Waals surface area contributed by atoms with Crippen LogP contribution < -0.4 is 34.9 Å². The molecule has 0 aliphatic carbocycles. The van der Waals surface area contributed by atoms with E-state index in [1.807, 2.05) is 0 Å². The Morgan fingerprint density at radius 1 is 0.984 bits per heavy atom. The number of benzene rings is 3. The number of hydrogen-bond donors (Lipinski definition) is 3. The zero-order valence-corrected chi connectivity index (χ0v) is 35.6. The molecule has 19 heteroatoms. The minimum absolute atomic E-state index is 0.0126. The molecule has 324 valence electrons. The number of anilines is 2. The molecule has 4 aromatic rings. The number of fused-ring (bicyclic) bond motifs is 2. The zero-order chi connectivity index (χ0) is 44.1. The van der Waals surface area contributed by atoms with Gasteiger partial charge in [0.05, 0.1) is 77.1 Å². The maximum absolute atomic E-state index is 13.7. The fourth-order valence-electron chi connectivity index (χ4n) is 7.69. The Hall–Kier alpha value is -6.03. The first-order valence-corrected chi connectivity index (χ1v) is 20.6. The van der Waals surface area contributed by atoms with Crippen molar-refractivity contribution in [3.8, 4) is 29.1 Å². The van der Waals surface area contributed by atoms with Gasteiger partial charge in [0, 0.05) is 56.3 Å². The van der Waals surface area contributed by atoms with Crippen LogP contribution in [0.3, 0.4) is 0 Å². The van der Waals surface area contributed by atoms with Gasteiger partial charge >= 0.3 is 0 Å². The number of piperidine rings is 1. The van der Waals surface area contributed by atoms with E-state index in [1.54, 1.807) is 43.3 Å². The minimum atomic E-state index is -1.10. The van der Waals surface area contributed by atoms with Crippen LogP contribution in [0.4, 0.5) is 11.4 Å². The lowest BCUT2D eigenvalue weighted by Gasteiger charge is -2.36. The molecule has 4 heterocycles. The van der Waals surface area contributed by atoms with Gasteiger partial charge in [0.15, 0.2) is 17.3 Å². The quantitative estimate of drug-likeness (QED) is 0.0972. The Labute approximate surface area is 366 Å². The van der Waals surface area contributed by atoms with Crippen LogP contribution in [0.2, 0.25) is 10.0 Å². The number of aromatic nitrogens is 1. The number of nitrogens with zero attached hydrogens (tertiary/aromatic N) is 4. The lowest BCUT2D eigenvalue weighted by atomic mass is 10.0. The van der Waals surface area contributed by atoms with E-state index in [2.05, 4.69) is 31.9 Å². The summed E-state index contributed by atoms with van der Waals surface area (Å²) in [6.45, 7) is 4.34. The zero-order valence-electron chi connectivity index (χ0n) is 34.0. The second kappa shape index (κ2) is 19.3. The van der Waals surface area contributed by atoms with E-state index >= 15 is 0 Å². The Morgan fingerprint density at radius 2 is 1.77 bits per heavy atom. The smallest absolute Gasteiger partial charge is 0.266 e. The van der Waals surface area contributed by atoms with Crippen LogP contribution in [0.1, 0.15) is 52.5 Å². The van der Waals surface area contributed by atoms with Gasteiger partial charge in [-0.2, -0.15) is 5.26 Å². The average Bonchev–Trinajstić information content (AvgIpc) is 3.52. The summed E-state index contributed by atoms with van der Waals surface area (Å²) < 4.78 is 29.0. The number of carbonyl (C=O) groups excluding carboxylic acids is 5. The third-order valence-corrected chi connectivity index (χ3v) is 11.5. The largest absolute Gasteiger partial charge is 0.495 e. The molecule has 17 nitrogen and oxygen atoms in total. The van der Waals surface area contributed by atoms with E-state index in [0.717, 1.165) is 4.90 Å². The van der Waals surface area contributed by atoms with Gasteiger partial charge < -0.3 is 34.3 Å². The fourth-order valence-corrected chi connectivity index (χ4v) is 8.19. The maximum atomic E-state index is 13.7. The molecule has 1 aromatic heterocycles. The molecule has 4 amide bonds. The number of nitrogens with one attached hydrogen (secondary N) is 3. The highest BCUT2D eigenvalue weighted by atomic mass is 35.5. The second-order valence-electron chi connectivity index (χ2n) is 14.6. The first-order valence-electron chi connectivity index (χ1n) is 19.8. The van der Waals surface area contributed by atoms with Crippen molar-refractivity contribution in [3.05, 3.63) is 75.4 Å². The van der Waals surface area contributed by atoms with Crippen molar-refractivity contribution in [2.75, 3.05) is 65.5 Å². The predicted molar refractivity (Wildman–Crippen MR) is 227 cm³/mol. The first kappa shape index (κ1) is 44.0. The predicted octanol–water partition coefficient (Wildman–Crippen LogP) is 4.67. The van der Waals surface area contributed by atoms with E-state index in [0.29, 0.717) is 88.8 Å². The van der Waals surface area contributed by atoms with Crippen LogP contribution >= 0.6 is 23.2 Å². The number of halogens is 2. The average molecular weight is 889 g/mol. The lowest BCUT2D eigenvalue weighted by molar-refractivity contribution is -0.137. The molecule has 3 N–H and O–H groups in total. The number of rotatable bonds is 17. The van der Waals surface area contributed by atoms with E-state index in [4.69, 9.17) is 46.9 Å². The minimum Gasteiger partial charge on any atom is -0.495 e. The molecule has 3 unspecified atom stereocenters. The van der Waals surface area contributed by atoms with Gasteiger partial charge in [0.2, 0.25) is 11.8 Å². The molecule has 0 bridgehead atoms. The Kier molecular flexibility index (Phi) is 13.7. The SMILES string of the molecule is COc1cc(Nc2c(C#N)cnc3cc(OCCCN4CCNCC4C(=O)C(C)OCCOc4cccc5c4C(=O)N(C4CCC(=O)NC4=O)C5=O)c(OC)cc23)c(Cl)cc1Cl. The van der Waals surface area contributed by atoms with Crippen molar-refractivity contribution in [3.63, 3.8) is 0 Å². The van der Waals surface area contributed by atoms with Crippen molar-refractivity contribution in [2.24, 2.45) is 0 Å². The summed E-state index contributed by atoms with van der Waals surface area (Å²) in [5.74, 6) is -1.14. The number of carbonyl (C=O) groups is 5. The van der Waals surface area contributed by atoms with Crippen LogP contribution in [0, 0.1) is 11.3 Å². The Bertz CT molecular complexity index is 2480. The molecule has 3 aromatic carbocycles. The van der Waals surface area contributed by atoms with Gasteiger partial charge in [-0.1, -0.05) is 29.3 Å². The molecule has 7 rings (SSSR count). The summed E-state index contributed by atoms with van der Waals surface area (Å²) in [6, 6.07) is 11.9. The second-order valence-corrected chi connectivity index (χ2v) is 15.4. The summed E-state index contributed by atoms with van der Waals surface area (Å²) in [4.78, 5) is 71.8. The van der Waals surface area contributed by atoms with E-state index in [-0.39, 0.29) is 54.3 Å². The van der Waals surface area contributed by atoms with E-state index in [9.17, 15) is 29.2 Å². The number of nitriles is 1. The molecular formula is C43H43Cl2N7O10. The molecule has 0 radical (unpaired) electrons. The summed E-state index contributed by atoms with van der Waals surface area (Å²) in [5.41, 5.74) is 1.89. The van der Waals surface area contributed by atoms with Gasteiger partial charge in [0.1, 0.15) is 36.3 Å². The van der Waals surface area contributed by atoms with Crippen molar-refractivity contribution >= 4 is 74.9 Å². The molecular weight excluding hydrogens is 845 g/mol. The lowest BCUT2D eigenvalue weighted by Crippen LogP contribution is -2.57. The van der Waals surface area contributed by atoms with Gasteiger partial charge in [0.25, 0.3) is 11.8 Å². The molecule has 3 atom stereocenters. The number of amides is 4. The van der Waals surface area contributed by atoms with E-state index in [1.165, 1.54) is 26.5 Å². The van der Waals surface area contributed by atoms with Gasteiger partial charge in [-0.3, -0.25) is 44.1 Å². The number of imide groups is 2. The molecule has 3 aliphatic heterocycles. The van der Waals surface area contributed by atoms with E-state index < -0.39 is 41.8 Å². The van der Waals surface area contributed by atoms with Crippen molar-refractivity contribution in [1.29, 1.82) is 5.26 Å². The number of piperazine rings is 1. The van der Waals surface area contributed by atoms with Gasteiger partial charge in [-0.25, -0.2) is 0 Å². The summed E-state index contributed by atoms with van der Waals surface area (Å²) >= 11 is 12.7. The monoisotopic (exact) mass is 887 g/mol. The summed E-state index contributed by atoms with van der Waals surface area (Å²) in [5, 5.41) is 19.9. The number of ketones is 1. The third kappa shape index (κ3) is 9.10. The molecule has 62 heavy (non-hydrogen) atoms. The molecule has 3 aliphatic rings. The highest BCUT2D eigenvalue weighted by Crippen LogP contribution is 2.41. The van der Waals surface area contributed by atoms with Crippen LogP contribution in [0.5, 0.6) is 23.0 Å². The Balaban J connectivity index is 0.927. The summed E-state index contributed by atoms with van der Waals surface area (Å²) in [7, 11) is 3.01. The third-order valence-electron chi connectivity index (χ3n) is 10.8. The topological polar surface area (TPSA) is 211 Å². The van der Waals surface area contributed by atoms with Gasteiger partial charge in [-0.05, 0) is 44.0 Å². The maximum Gasteiger partial charge on any atom is 0.266 e. The highest BCUT2D eigenvalue weighted by Gasteiger charge is 2.46. The van der Waals surface area contributed by atoms with Gasteiger partial charge in [-0.15, -0.1) is 0 Å². The number of methoxy groups -OCH3 is 2. The van der Waals surface area contributed by atoms with Crippen LogP contribution in [0.25, 0.3) is 10.9 Å². The Morgan fingerprint density at radius 3 is 2.53 bits per heavy atom. The van der Waals surface area contributed by atoms with Crippen molar-refractivity contribution < 1.29 is 47.7 Å². The number of pyridine rings is 1.